The van der Waals surface area contributed by atoms with Crippen molar-refractivity contribution >= 4 is 5.97 Å². The lowest BCUT2D eigenvalue weighted by atomic mass is 10.3. The van der Waals surface area contributed by atoms with Crippen LogP contribution in [0.4, 0.5) is 0 Å². The zero-order chi connectivity index (χ0) is 6.20. The quantitative estimate of drug-likeness (QED) is 0.465. The molecular weight excluding hydrogens is 112 g/mol. The van der Waals surface area contributed by atoms with E-state index in [1.165, 1.54) is 0 Å². The highest BCUT2D eigenvalue weighted by Crippen LogP contribution is 2.26. The maximum Gasteiger partial charge on any atom is 0.308 e. The molecule has 0 spiro atoms. The molecule has 1 rings (SSSR count). The molecule has 0 aromatic heterocycles. The third-order valence-electron chi connectivity index (χ3n) is 0.905. The Kier molecular flexibility index (Phi) is 0.988. The molecule has 4 heteroatoms. The second kappa shape index (κ2) is 1.43. The van der Waals surface area contributed by atoms with Crippen molar-refractivity contribution in [3.63, 3.8) is 0 Å². The Hall–Kier alpha value is -0.610. The second-order valence-corrected chi connectivity index (χ2v) is 1.81. The Bertz CT molecular complexity index is 115. The van der Waals surface area contributed by atoms with E-state index in [-0.39, 0.29) is 13.0 Å². The zero-order valence-corrected chi connectivity index (χ0v) is 4.13. The van der Waals surface area contributed by atoms with Gasteiger partial charge in [-0.1, -0.05) is 0 Å². The van der Waals surface area contributed by atoms with Crippen molar-refractivity contribution in [3.05, 3.63) is 0 Å². The van der Waals surface area contributed by atoms with Crippen LogP contribution in [-0.4, -0.2) is 28.6 Å². The summed E-state index contributed by atoms with van der Waals surface area (Å²) in [6, 6.07) is 0. The molecule has 1 atom stereocenters. The summed E-state index contributed by atoms with van der Waals surface area (Å²) in [5.41, 5.74) is 0. The maximum atomic E-state index is 9.81. The normalized spacial score (nSPS) is 34.6. The van der Waals surface area contributed by atoms with Crippen LogP contribution in [0, 0.1) is 0 Å². The van der Waals surface area contributed by atoms with E-state index in [9.17, 15) is 4.79 Å². The number of epoxide rings is 1. The smallest absolute Gasteiger partial charge is 0.308 e. The van der Waals surface area contributed by atoms with E-state index in [1.54, 1.807) is 0 Å². The third kappa shape index (κ3) is 1.18. The number of ether oxygens (including phenoxy) is 1. The van der Waals surface area contributed by atoms with Gasteiger partial charge in [-0.25, -0.2) is 0 Å². The van der Waals surface area contributed by atoms with Crippen LogP contribution in [0.5, 0.6) is 0 Å². The molecule has 1 fully saturated rings. The van der Waals surface area contributed by atoms with Crippen molar-refractivity contribution in [2.24, 2.45) is 0 Å². The third-order valence-corrected chi connectivity index (χ3v) is 0.905. The monoisotopic (exact) mass is 118 g/mol. The van der Waals surface area contributed by atoms with Crippen molar-refractivity contribution in [2.75, 3.05) is 6.61 Å². The van der Waals surface area contributed by atoms with E-state index in [0.29, 0.717) is 0 Å². The van der Waals surface area contributed by atoms with Crippen molar-refractivity contribution in [3.8, 4) is 0 Å². The lowest BCUT2D eigenvalue weighted by Gasteiger charge is -1.94. The van der Waals surface area contributed by atoms with Gasteiger partial charge in [0.2, 0.25) is 0 Å². The van der Waals surface area contributed by atoms with Crippen LogP contribution >= 0.6 is 0 Å². The summed E-state index contributed by atoms with van der Waals surface area (Å²) < 4.78 is 4.38. The zero-order valence-electron chi connectivity index (χ0n) is 4.13. The van der Waals surface area contributed by atoms with Crippen LogP contribution in [0.1, 0.15) is 6.42 Å². The van der Waals surface area contributed by atoms with Gasteiger partial charge in [0.05, 0.1) is 0 Å². The van der Waals surface area contributed by atoms with Crippen LogP contribution in [0.25, 0.3) is 0 Å². The highest BCUT2D eigenvalue weighted by molar-refractivity contribution is 5.68. The SMILES string of the molecule is O=C(O)CC1(O)CO1. The molecule has 0 saturated carbocycles. The van der Waals surface area contributed by atoms with Crippen LogP contribution < -0.4 is 0 Å². The van der Waals surface area contributed by atoms with Crippen LogP contribution in [0.3, 0.4) is 0 Å². The Morgan fingerprint density at radius 3 is 2.50 bits per heavy atom. The molecule has 0 bridgehead atoms. The minimum absolute atomic E-state index is 0.152. The first-order valence-electron chi connectivity index (χ1n) is 2.20. The van der Waals surface area contributed by atoms with Gasteiger partial charge in [0, 0.05) is 0 Å². The van der Waals surface area contributed by atoms with Gasteiger partial charge in [-0.2, -0.15) is 0 Å². The Morgan fingerprint density at radius 2 is 2.38 bits per heavy atom. The molecule has 0 radical (unpaired) electrons. The van der Waals surface area contributed by atoms with Gasteiger partial charge in [0.1, 0.15) is 13.0 Å². The summed E-state index contributed by atoms with van der Waals surface area (Å²) in [7, 11) is 0. The fraction of sp³-hybridized carbons (Fsp3) is 0.750. The number of carboxylic acid groups (broad SMARTS) is 1. The van der Waals surface area contributed by atoms with E-state index >= 15 is 0 Å². The molecule has 0 aliphatic carbocycles. The van der Waals surface area contributed by atoms with Gasteiger partial charge in [-0.3, -0.25) is 4.79 Å². The molecule has 0 aromatic rings. The number of aliphatic hydroxyl groups is 1. The van der Waals surface area contributed by atoms with Gasteiger partial charge in [-0.15, -0.1) is 0 Å². The lowest BCUT2D eigenvalue weighted by molar-refractivity contribution is -0.142. The van der Waals surface area contributed by atoms with E-state index < -0.39 is 11.8 Å². The summed E-state index contributed by atoms with van der Waals surface area (Å²) in [5, 5.41) is 16.7. The molecule has 4 nitrogen and oxygen atoms in total. The molecule has 0 amide bonds. The van der Waals surface area contributed by atoms with Crippen LogP contribution in [0.15, 0.2) is 0 Å². The highest BCUT2D eigenvalue weighted by Gasteiger charge is 2.44. The predicted molar refractivity (Wildman–Crippen MR) is 23.2 cm³/mol. The molecule has 46 valence electrons. The predicted octanol–water partition coefficient (Wildman–Crippen LogP) is -0.820. The Balaban J connectivity index is 2.29. The lowest BCUT2D eigenvalue weighted by Crippen LogP contribution is -2.14. The molecule has 2 N–H and O–H groups in total. The molecule has 0 aromatic carbocycles. The van der Waals surface area contributed by atoms with Gasteiger partial charge in [-0.05, 0) is 0 Å². The van der Waals surface area contributed by atoms with Crippen molar-refractivity contribution in [2.45, 2.75) is 12.2 Å². The first-order chi connectivity index (χ1) is 3.62. The van der Waals surface area contributed by atoms with Crippen LogP contribution in [0.2, 0.25) is 0 Å². The number of carbonyl (C=O) groups is 1. The largest absolute Gasteiger partial charge is 0.481 e. The summed E-state index contributed by atoms with van der Waals surface area (Å²) >= 11 is 0. The number of hydrogen-bond donors (Lipinski definition) is 2. The Morgan fingerprint density at radius 1 is 1.88 bits per heavy atom. The van der Waals surface area contributed by atoms with Gasteiger partial charge >= 0.3 is 5.97 Å². The number of aliphatic carboxylic acids is 1. The standard InChI is InChI=1S/C4H6O4/c5-3(6)1-4(7)2-8-4/h7H,1-2H2,(H,5,6). The van der Waals surface area contributed by atoms with E-state index in [4.69, 9.17) is 10.2 Å². The fourth-order valence-electron chi connectivity index (χ4n) is 0.422. The van der Waals surface area contributed by atoms with Gasteiger partial charge in [0.25, 0.3) is 0 Å². The Labute approximate surface area is 45.7 Å². The molecule has 1 aliphatic heterocycles. The first kappa shape index (κ1) is 5.53. The number of rotatable bonds is 2. The minimum Gasteiger partial charge on any atom is -0.481 e. The molecular formula is C4H6O4. The number of hydrogen-bond acceptors (Lipinski definition) is 3. The first-order valence-corrected chi connectivity index (χ1v) is 2.20. The molecule has 1 unspecified atom stereocenters. The summed E-state index contributed by atoms with van der Waals surface area (Å²) in [5.74, 6) is -2.36. The molecule has 8 heavy (non-hydrogen) atoms. The van der Waals surface area contributed by atoms with Gasteiger partial charge in [0.15, 0.2) is 5.79 Å². The molecule has 1 saturated heterocycles. The molecule has 1 aliphatic rings. The van der Waals surface area contributed by atoms with Gasteiger partial charge < -0.3 is 14.9 Å². The number of carboxylic acids is 1. The maximum absolute atomic E-state index is 9.81. The van der Waals surface area contributed by atoms with Crippen molar-refractivity contribution in [1.82, 2.24) is 0 Å². The van der Waals surface area contributed by atoms with Crippen LogP contribution in [-0.2, 0) is 9.53 Å². The molecule has 1 heterocycles. The van der Waals surface area contributed by atoms with Crippen molar-refractivity contribution in [1.29, 1.82) is 0 Å². The average molecular weight is 118 g/mol. The average Bonchev–Trinajstić information content (AvgIpc) is 2.17. The summed E-state index contributed by atoms with van der Waals surface area (Å²) in [4.78, 5) is 9.81. The van der Waals surface area contributed by atoms with E-state index in [0.717, 1.165) is 0 Å². The minimum atomic E-state index is -1.33. The highest BCUT2D eigenvalue weighted by atomic mass is 16.7. The summed E-state index contributed by atoms with van der Waals surface area (Å²) in [6.07, 6.45) is -0.312. The topological polar surface area (TPSA) is 70.1 Å². The van der Waals surface area contributed by atoms with E-state index in [1.807, 2.05) is 0 Å². The summed E-state index contributed by atoms with van der Waals surface area (Å²) in [6.45, 7) is 0.152. The fourth-order valence-corrected chi connectivity index (χ4v) is 0.422. The second-order valence-electron chi connectivity index (χ2n) is 1.81. The van der Waals surface area contributed by atoms with Crippen molar-refractivity contribution < 1.29 is 19.7 Å². The van der Waals surface area contributed by atoms with E-state index in [2.05, 4.69) is 4.74 Å².